The maximum Gasteiger partial charge on any atom is 0.352 e. The first-order chi connectivity index (χ1) is 9.13. The molecule has 0 aromatic carbocycles. The molecule has 0 aliphatic carbocycles. The summed E-state index contributed by atoms with van der Waals surface area (Å²) in [6.45, 7) is 5.68. The quantitative estimate of drug-likeness (QED) is 0.780. The predicted octanol–water partition coefficient (Wildman–Crippen LogP) is 0.909. The monoisotopic (exact) mass is 304 g/mol. The standard InChI is InChI=1S/C12H20N2O5S/c1-5-14-7-9(6-10(14)11(15)16)20(17,18)13-12(2,3)8-19-4/h6-7,13H,5,8H2,1-4H3,(H,15,16). The third-order valence-electron chi connectivity index (χ3n) is 2.66. The van der Waals surface area contributed by atoms with E-state index in [-0.39, 0.29) is 17.2 Å². The number of hydrogen-bond donors (Lipinski definition) is 2. The van der Waals surface area contributed by atoms with Gasteiger partial charge in [0.25, 0.3) is 0 Å². The molecule has 7 nitrogen and oxygen atoms in total. The van der Waals surface area contributed by atoms with Crippen LogP contribution in [0.2, 0.25) is 0 Å². The Bertz CT molecular complexity index is 589. The SMILES string of the molecule is CCn1cc(S(=O)(=O)NC(C)(C)COC)cc1C(=O)O. The van der Waals surface area contributed by atoms with E-state index in [2.05, 4.69) is 4.72 Å². The first-order valence-electron chi connectivity index (χ1n) is 6.09. The second-order valence-electron chi connectivity index (χ2n) is 5.07. The van der Waals surface area contributed by atoms with Crippen LogP contribution in [0, 0.1) is 0 Å². The second-order valence-corrected chi connectivity index (χ2v) is 6.76. The van der Waals surface area contributed by atoms with Crippen molar-refractivity contribution >= 4 is 16.0 Å². The minimum absolute atomic E-state index is 0.0579. The molecule has 114 valence electrons. The Kier molecular flexibility index (Phi) is 4.95. The molecule has 1 aromatic rings. The van der Waals surface area contributed by atoms with E-state index in [0.717, 1.165) is 6.07 Å². The molecular formula is C12H20N2O5S. The van der Waals surface area contributed by atoms with Crippen LogP contribution in [0.25, 0.3) is 0 Å². The van der Waals surface area contributed by atoms with Gasteiger partial charge in [-0.15, -0.1) is 0 Å². The number of carboxylic acid groups (broad SMARTS) is 1. The molecule has 0 saturated heterocycles. The molecule has 1 aromatic heterocycles. The Hall–Kier alpha value is -1.38. The average molecular weight is 304 g/mol. The van der Waals surface area contributed by atoms with Gasteiger partial charge in [0.05, 0.1) is 12.1 Å². The lowest BCUT2D eigenvalue weighted by Crippen LogP contribution is -2.46. The number of aromatic carboxylic acids is 1. The van der Waals surface area contributed by atoms with Gasteiger partial charge in [0.2, 0.25) is 10.0 Å². The predicted molar refractivity (Wildman–Crippen MR) is 73.3 cm³/mol. The van der Waals surface area contributed by atoms with Gasteiger partial charge in [-0.3, -0.25) is 0 Å². The van der Waals surface area contributed by atoms with Gasteiger partial charge in [0.1, 0.15) is 10.6 Å². The largest absolute Gasteiger partial charge is 0.477 e. The van der Waals surface area contributed by atoms with Crippen LogP contribution < -0.4 is 4.72 Å². The minimum atomic E-state index is -3.80. The number of methoxy groups -OCH3 is 1. The number of carboxylic acids is 1. The third-order valence-corrected chi connectivity index (χ3v) is 4.32. The van der Waals surface area contributed by atoms with Gasteiger partial charge in [-0.2, -0.15) is 0 Å². The molecule has 0 radical (unpaired) electrons. The molecule has 0 unspecified atom stereocenters. The van der Waals surface area contributed by atoms with Crippen molar-refractivity contribution in [3.05, 3.63) is 18.0 Å². The van der Waals surface area contributed by atoms with Gasteiger partial charge in [-0.1, -0.05) is 0 Å². The average Bonchev–Trinajstić information content (AvgIpc) is 2.71. The molecular weight excluding hydrogens is 284 g/mol. The summed E-state index contributed by atoms with van der Waals surface area (Å²) in [5.41, 5.74) is -0.844. The Morgan fingerprint density at radius 3 is 2.50 bits per heavy atom. The second kappa shape index (κ2) is 5.94. The number of hydrogen-bond acceptors (Lipinski definition) is 4. The number of nitrogens with zero attached hydrogens (tertiary/aromatic N) is 1. The third kappa shape index (κ3) is 3.81. The summed E-state index contributed by atoms with van der Waals surface area (Å²) in [6, 6.07) is 1.15. The smallest absolute Gasteiger partial charge is 0.352 e. The van der Waals surface area contributed by atoms with E-state index in [1.807, 2.05) is 0 Å². The van der Waals surface area contributed by atoms with Crippen LogP contribution in [0.15, 0.2) is 17.2 Å². The fraction of sp³-hybridized carbons (Fsp3) is 0.583. The first kappa shape index (κ1) is 16.7. The van der Waals surface area contributed by atoms with E-state index in [4.69, 9.17) is 9.84 Å². The lowest BCUT2D eigenvalue weighted by molar-refractivity contribution is 0.0685. The Labute approximate surface area is 118 Å². The molecule has 20 heavy (non-hydrogen) atoms. The molecule has 0 aliphatic heterocycles. The summed E-state index contributed by atoms with van der Waals surface area (Å²) < 4.78 is 33.3. The number of ether oxygens (including phenoxy) is 1. The van der Waals surface area contributed by atoms with Crippen molar-refractivity contribution in [3.63, 3.8) is 0 Å². The molecule has 2 N–H and O–H groups in total. The Balaban J connectivity index is 3.13. The van der Waals surface area contributed by atoms with Crippen molar-refractivity contribution in [2.24, 2.45) is 0 Å². The van der Waals surface area contributed by atoms with Crippen LogP contribution in [0.1, 0.15) is 31.3 Å². The normalized spacial score (nSPS) is 12.6. The Morgan fingerprint density at radius 2 is 2.10 bits per heavy atom. The van der Waals surface area contributed by atoms with Crippen molar-refractivity contribution in [3.8, 4) is 0 Å². The number of aromatic nitrogens is 1. The summed E-state index contributed by atoms with van der Waals surface area (Å²) in [5.74, 6) is -1.16. The van der Waals surface area contributed by atoms with Crippen LogP contribution in [-0.4, -0.2) is 43.3 Å². The number of aryl methyl sites for hydroxylation is 1. The van der Waals surface area contributed by atoms with Gasteiger partial charge in [0.15, 0.2) is 0 Å². The number of carbonyl (C=O) groups is 1. The van der Waals surface area contributed by atoms with E-state index in [1.54, 1.807) is 20.8 Å². The van der Waals surface area contributed by atoms with E-state index in [0.29, 0.717) is 6.54 Å². The molecule has 0 fully saturated rings. The number of sulfonamides is 1. The molecule has 0 bridgehead atoms. The van der Waals surface area contributed by atoms with E-state index < -0.39 is 21.5 Å². The van der Waals surface area contributed by atoms with Crippen LogP contribution in [0.4, 0.5) is 0 Å². The van der Waals surface area contributed by atoms with Gasteiger partial charge >= 0.3 is 5.97 Å². The van der Waals surface area contributed by atoms with E-state index in [1.165, 1.54) is 17.9 Å². The molecule has 1 rings (SSSR count). The summed E-state index contributed by atoms with van der Waals surface area (Å²) in [6.07, 6.45) is 1.31. The highest BCUT2D eigenvalue weighted by atomic mass is 32.2. The van der Waals surface area contributed by atoms with Crippen molar-refractivity contribution < 1.29 is 23.1 Å². The molecule has 8 heteroatoms. The van der Waals surface area contributed by atoms with Crippen molar-refractivity contribution in [2.45, 2.75) is 37.8 Å². The number of nitrogens with one attached hydrogen (secondary N) is 1. The van der Waals surface area contributed by atoms with E-state index >= 15 is 0 Å². The minimum Gasteiger partial charge on any atom is -0.477 e. The molecule has 0 spiro atoms. The summed E-state index contributed by atoms with van der Waals surface area (Å²) in [7, 11) is -2.32. The Morgan fingerprint density at radius 1 is 1.50 bits per heavy atom. The molecule has 0 atom stereocenters. The summed E-state index contributed by atoms with van der Waals surface area (Å²) >= 11 is 0. The zero-order valence-electron chi connectivity index (χ0n) is 12.0. The van der Waals surface area contributed by atoms with Gasteiger partial charge in [-0.05, 0) is 26.8 Å². The molecule has 1 heterocycles. The first-order valence-corrected chi connectivity index (χ1v) is 7.57. The molecule has 0 aliphatic rings. The molecule has 0 amide bonds. The zero-order chi connectivity index (χ0) is 15.6. The van der Waals surface area contributed by atoms with Crippen LogP contribution >= 0.6 is 0 Å². The topological polar surface area (TPSA) is 97.6 Å². The van der Waals surface area contributed by atoms with Crippen molar-refractivity contribution in [1.82, 2.24) is 9.29 Å². The van der Waals surface area contributed by atoms with Crippen molar-refractivity contribution in [2.75, 3.05) is 13.7 Å². The fourth-order valence-electron chi connectivity index (χ4n) is 1.88. The fourth-order valence-corrected chi connectivity index (χ4v) is 3.32. The summed E-state index contributed by atoms with van der Waals surface area (Å²) in [5, 5.41) is 9.04. The van der Waals surface area contributed by atoms with E-state index in [9.17, 15) is 13.2 Å². The van der Waals surface area contributed by atoms with Gasteiger partial charge < -0.3 is 14.4 Å². The van der Waals surface area contributed by atoms with Gasteiger partial charge in [-0.25, -0.2) is 17.9 Å². The summed E-state index contributed by atoms with van der Waals surface area (Å²) in [4.78, 5) is 11.0. The van der Waals surface area contributed by atoms with Crippen LogP contribution in [0.3, 0.4) is 0 Å². The number of rotatable bonds is 7. The lowest BCUT2D eigenvalue weighted by Gasteiger charge is -2.24. The van der Waals surface area contributed by atoms with Gasteiger partial charge in [0, 0.05) is 19.9 Å². The molecule has 0 saturated carbocycles. The highest BCUT2D eigenvalue weighted by Gasteiger charge is 2.28. The van der Waals surface area contributed by atoms with Crippen LogP contribution in [0.5, 0.6) is 0 Å². The maximum atomic E-state index is 12.3. The van der Waals surface area contributed by atoms with Crippen molar-refractivity contribution in [1.29, 1.82) is 0 Å². The highest BCUT2D eigenvalue weighted by molar-refractivity contribution is 7.89. The zero-order valence-corrected chi connectivity index (χ0v) is 12.8. The van der Waals surface area contributed by atoms with Crippen LogP contribution in [-0.2, 0) is 21.3 Å². The lowest BCUT2D eigenvalue weighted by atomic mass is 10.1. The maximum absolute atomic E-state index is 12.3. The highest BCUT2D eigenvalue weighted by Crippen LogP contribution is 2.17.